The smallest absolute Gasteiger partial charge is 0.338 e. The Labute approximate surface area is 265 Å². The van der Waals surface area contributed by atoms with Crippen molar-refractivity contribution < 1.29 is 23.4 Å². The number of thiazole rings is 1. The topological polar surface area (TPSA) is 92.3 Å². The van der Waals surface area contributed by atoms with Gasteiger partial charge >= 0.3 is 5.97 Å². The van der Waals surface area contributed by atoms with Crippen LogP contribution >= 0.6 is 27.3 Å². The van der Waals surface area contributed by atoms with E-state index >= 15 is 0 Å². The molecule has 5 aromatic rings. The molecule has 0 fully saturated rings. The molecule has 0 amide bonds. The van der Waals surface area contributed by atoms with Crippen molar-refractivity contribution in [3.8, 4) is 22.8 Å². The van der Waals surface area contributed by atoms with Gasteiger partial charge in [0, 0.05) is 21.7 Å². The van der Waals surface area contributed by atoms with Gasteiger partial charge in [0.15, 0.2) is 16.3 Å². The molecule has 1 aliphatic rings. The Morgan fingerprint density at radius 1 is 0.977 bits per heavy atom. The van der Waals surface area contributed by atoms with Crippen LogP contribution in [0.2, 0.25) is 0 Å². The van der Waals surface area contributed by atoms with E-state index in [1.165, 1.54) is 23.0 Å². The number of benzene rings is 3. The molecule has 2 aromatic heterocycles. The summed E-state index contributed by atoms with van der Waals surface area (Å²) in [6.07, 6.45) is 1.70. The first kappa shape index (κ1) is 29.4. The number of fused-ring (bicyclic) bond motifs is 1. The third kappa shape index (κ3) is 5.54. The Morgan fingerprint density at radius 3 is 2.43 bits per heavy atom. The highest BCUT2D eigenvalue weighted by Crippen LogP contribution is 2.38. The Kier molecular flexibility index (Phi) is 8.36. The van der Waals surface area contributed by atoms with Crippen molar-refractivity contribution in [3.63, 3.8) is 0 Å². The first-order chi connectivity index (χ1) is 21.4. The number of methoxy groups -OCH3 is 2. The van der Waals surface area contributed by atoms with Crippen LogP contribution in [0.25, 0.3) is 23.1 Å². The fourth-order valence-corrected chi connectivity index (χ4v) is 6.35. The zero-order valence-electron chi connectivity index (χ0n) is 24.1. The first-order valence-corrected chi connectivity index (χ1v) is 15.4. The van der Waals surface area contributed by atoms with Gasteiger partial charge in [0.2, 0.25) is 0 Å². The molecule has 0 unspecified atom stereocenters. The summed E-state index contributed by atoms with van der Waals surface area (Å²) in [5, 5.41) is 0. The van der Waals surface area contributed by atoms with E-state index in [1.807, 2.05) is 72.8 Å². The molecule has 0 aliphatic carbocycles. The monoisotopic (exact) mass is 670 g/mol. The van der Waals surface area contributed by atoms with E-state index < -0.39 is 12.0 Å². The predicted octanol–water partition coefficient (Wildman–Crippen LogP) is 5.98. The zero-order chi connectivity index (χ0) is 30.8. The van der Waals surface area contributed by atoms with Crippen molar-refractivity contribution in [1.82, 2.24) is 4.57 Å². The third-order valence-corrected chi connectivity index (χ3v) is 8.64. The highest BCUT2D eigenvalue weighted by atomic mass is 79.9. The Morgan fingerprint density at radius 2 is 1.73 bits per heavy atom. The molecule has 0 spiro atoms. The van der Waals surface area contributed by atoms with Gasteiger partial charge in [0.25, 0.3) is 5.56 Å². The number of carbonyl (C=O) groups is 1. The molecule has 3 aromatic carbocycles. The lowest BCUT2D eigenvalue weighted by Gasteiger charge is -2.26. The fourth-order valence-electron chi connectivity index (χ4n) is 5.11. The molecular weight excluding hydrogens is 644 g/mol. The van der Waals surface area contributed by atoms with Crippen molar-refractivity contribution in [3.05, 3.63) is 132 Å². The largest absolute Gasteiger partial charge is 0.493 e. The van der Waals surface area contributed by atoms with Gasteiger partial charge in [-0.2, -0.15) is 0 Å². The molecule has 3 heterocycles. The highest BCUT2D eigenvalue weighted by molar-refractivity contribution is 9.10. The Balaban J connectivity index is 1.58. The van der Waals surface area contributed by atoms with Gasteiger partial charge in [-0.15, -0.1) is 0 Å². The number of nitrogens with zero attached hydrogens (tertiary/aromatic N) is 2. The zero-order valence-corrected chi connectivity index (χ0v) is 26.5. The minimum Gasteiger partial charge on any atom is -0.493 e. The fraction of sp³-hybridized carbons (Fsp3) is 0.147. The van der Waals surface area contributed by atoms with Crippen LogP contribution in [0.3, 0.4) is 0 Å². The molecule has 6 rings (SSSR count). The number of hydrogen-bond acceptors (Lipinski definition) is 8. The molecule has 44 heavy (non-hydrogen) atoms. The summed E-state index contributed by atoms with van der Waals surface area (Å²) in [7, 11) is 3.09. The number of aromatic nitrogens is 1. The second-order valence-electron chi connectivity index (χ2n) is 9.75. The summed E-state index contributed by atoms with van der Waals surface area (Å²) in [6.45, 7) is 1.90. The Hall–Kier alpha value is -4.67. The van der Waals surface area contributed by atoms with Gasteiger partial charge in [-0.25, -0.2) is 9.79 Å². The minimum atomic E-state index is -0.850. The normalized spacial score (nSPS) is 14.6. The van der Waals surface area contributed by atoms with Crippen LogP contribution in [-0.2, 0) is 9.53 Å². The van der Waals surface area contributed by atoms with E-state index in [4.69, 9.17) is 23.6 Å². The summed E-state index contributed by atoms with van der Waals surface area (Å²) in [4.78, 5) is 33.2. The maximum absolute atomic E-state index is 14.2. The number of ether oxygens (including phenoxy) is 3. The third-order valence-electron chi connectivity index (χ3n) is 7.13. The number of carbonyl (C=O) groups excluding carboxylic acids is 1. The molecule has 0 radical (unpaired) electrons. The average molecular weight is 672 g/mol. The maximum Gasteiger partial charge on any atom is 0.338 e. The van der Waals surface area contributed by atoms with Crippen molar-refractivity contribution in [2.24, 2.45) is 4.99 Å². The minimum absolute atomic E-state index is 0.159. The van der Waals surface area contributed by atoms with Crippen LogP contribution in [0.15, 0.2) is 109 Å². The summed E-state index contributed by atoms with van der Waals surface area (Å²) in [5.41, 5.74) is 2.64. The molecule has 0 saturated heterocycles. The van der Waals surface area contributed by atoms with Crippen molar-refractivity contribution in [2.75, 3.05) is 20.8 Å². The number of furan rings is 1. The van der Waals surface area contributed by atoms with Crippen molar-refractivity contribution >= 4 is 45.0 Å². The van der Waals surface area contributed by atoms with Crippen molar-refractivity contribution in [1.29, 1.82) is 0 Å². The SMILES string of the molecule is CCOC(=O)C1=C(c2ccccc2)N=c2s/c(=C\c3ccc(-c4ccc(Br)cc4)o3)c(=O)n2[C@H]1c1ccc(OC)c(OC)c1. The van der Waals surface area contributed by atoms with Gasteiger partial charge in [-0.3, -0.25) is 9.36 Å². The number of esters is 1. The lowest BCUT2D eigenvalue weighted by molar-refractivity contribution is -0.138. The van der Waals surface area contributed by atoms with E-state index in [1.54, 1.807) is 32.2 Å². The molecular formula is C34H27BrN2O6S. The number of hydrogen-bond donors (Lipinski definition) is 0. The van der Waals surface area contributed by atoms with Gasteiger partial charge < -0.3 is 18.6 Å². The number of rotatable bonds is 8. The second-order valence-corrected chi connectivity index (χ2v) is 11.7. The molecule has 10 heteroatoms. The molecule has 1 aliphatic heterocycles. The van der Waals surface area contributed by atoms with Crippen molar-refractivity contribution in [2.45, 2.75) is 13.0 Å². The van der Waals surface area contributed by atoms with Gasteiger partial charge in [0.05, 0.1) is 42.7 Å². The van der Waals surface area contributed by atoms with E-state index in [0.29, 0.717) is 43.6 Å². The molecule has 8 nitrogen and oxygen atoms in total. The lowest BCUT2D eigenvalue weighted by Crippen LogP contribution is -2.40. The highest BCUT2D eigenvalue weighted by Gasteiger charge is 2.35. The first-order valence-electron chi connectivity index (χ1n) is 13.8. The maximum atomic E-state index is 14.2. The standard InChI is InChI=1S/C34H27BrN2O6S/c1-4-42-33(39)29-30(21-8-6-5-7-9-21)36-34-37(31(29)22-12-16-26(40-2)27(18-22)41-3)32(38)28(44-34)19-24-15-17-25(43-24)20-10-13-23(35)14-11-20/h5-19,31H,4H2,1-3H3/b28-19-/t31-/m0/s1. The van der Waals surface area contributed by atoms with Crippen LogP contribution < -0.4 is 24.4 Å². The van der Waals surface area contributed by atoms with Crippen LogP contribution in [0.5, 0.6) is 11.5 Å². The van der Waals surface area contributed by atoms with E-state index in [9.17, 15) is 9.59 Å². The summed E-state index contributed by atoms with van der Waals surface area (Å²) < 4.78 is 25.6. The summed E-state index contributed by atoms with van der Waals surface area (Å²) in [6, 6.07) is 25.4. The van der Waals surface area contributed by atoms with Crippen LogP contribution in [0, 0.1) is 0 Å². The number of halogens is 1. The average Bonchev–Trinajstić information content (AvgIpc) is 3.64. The molecule has 222 valence electrons. The predicted molar refractivity (Wildman–Crippen MR) is 172 cm³/mol. The lowest BCUT2D eigenvalue weighted by atomic mass is 9.93. The van der Waals surface area contributed by atoms with Crippen LogP contribution in [-0.4, -0.2) is 31.4 Å². The van der Waals surface area contributed by atoms with Gasteiger partial charge in [-0.05, 0) is 48.9 Å². The second kappa shape index (κ2) is 12.5. The van der Waals surface area contributed by atoms with E-state index in [2.05, 4.69) is 15.9 Å². The van der Waals surface area contributed by atoms with Crippen LogP contribution in [0.4, 0.5) is 0 Å². The van der Waals surface area contributed by atoms with E-state index in [-0.39, 0.29) is 17.7 Å². The molecule has 0 bridgehead atoms. The molecule has 0 saturated carbocycles. The summed E-state index contributed by atoms with van der Waals surface area (Å²) >= 11 is 4.68. The van der Waals surface area contributed by atoms with Gasteiger partial charge in [-0.1, -0.05) is 75.8 Å². The Bertz CT molecular complexity index is 2060. The van der Waals surface area contributed by atoms with Crippen LogP contribution in [0.1, 0.15) is 29.9 Å². The summed E-state index contributed by atoms with van der Waals surface area (Å²) in [5.74, 6) is 1.62. The quantitative estimate of drug-likeness (QED) is 0.189. The van der Waals surface area contributed by atoms with Gasteiger partial charge in [0.1, 0.15) is 11.5 Å². The molecule has 1 atom stereocenters. The van der Waals surface area contributed by atoms with E-state index in [0.717, 1.165) is 15.6 Å². The molecule has 0 N–H and O–H groups in total.